The molecule has 1 heterocycles. The van der Waals surface area contributed by atoms with Crippen molar-refractivity contribution >= 4 is 50.5 Å². The van der Waals surface area contributed by atoms with Crippen LogP contribution in [-0.4, -0.2) is 34.1 Å². The molecule has 0 aromatic heterocycles. The first-order valence-corrected chi connectivity index (χ1v) is 11.8. The number of anilines is 2. The van der Waals surface area contributed by atoms with Crippen LogP contribution in [0.5, 0.6) is 11.5 Å². The normalized spacial score (nSPS) is 13.1. The van der Waals surface area contributed by atoms with Crippen molar-refractivity contribution in [1.82, 2.24) is 0 Å². The molecule has 32 heavy (non-hydrogen) atoms. The van der Waals surface area contributed by atoms with E-state index in [1.165, 1.54) is 18.2 Å². The molecule has 166 valence electrons. The predicted octanol–water partition coefficient (Wildman–Crippen LogP) is 4.60. The van der Waals surface area contributed by atoms with Gasteiger partial charge in [-0.2, -0.15) is 0 Å². The molecule has 0 saturated carbocycles. The van der Waals surface area contributed by atoms with Gasteiger partial charge in [-0.05, 0) is 54.6 Å². The molecule has 0 aliphatic carbocycles. The van der Waals surface area contributed by atoms with Gasteiger partial charge in [-0.25, -0.2) is 8.42 Å². The highest BCUT2D eigenvalue weighted by Gasteiger charge is 2.24. The lowest BCUT2D eigenvalue weighted by Crippen LogP contribution is -2.40. The zero-order chi connectivity index (χ0) is 22.7. The Morgan fingerprint density at radius 2 is 1.81 bits per heavy atom. The molecule has 0 radical (unpaired) electrons. The second-order valence-corrected chi connectivity index (χ2v) is 9.38. The Labute approximate surface area is 195 Å². The monoisotopic (exact) mass is 492 g/mol. The van der Waals surface area contributed by atoms with Crippen molar-refractivity contribution in [3.8, 4) is 11.5 Å². The SMILES string of the molecule is O=C(COc1ccc(S(=O)(=O)Nc2ccc(Cl)cc2)cc1Cl)N1CCOc2ccccc21. The Hall–Kier alpha value is -2.94. The first-order valence-electron chi connectivity index (χ1n) is 9.56. The standard InChI is InChI=1S/C22H18Cl2N2O5S/c23-15-5-7-16(8-6-15)25-32(28,29)17-9-10-20(18(24)13-17)31-14-22(27)26-11-12-30-21-4-2-1-3-19(21)26/h1-10,13,25H,11-12,14H2. The lowest BCUT2D eigenvalue weighted by Gasteiger charge is -2.29. The van der Waals surface area contributed by atoms with E-state index in [9.17, 15) is 13.2 Å². The number of carbonyl (C=O) groups excluding carboxylic acids is 1. The van der Waals surface area contributed by atoms with Gasteiger partial charge in [0.15, 0.2) is 6.61 Å². The van der Waals surface area contributed by atoms with Crippen LogP contribution in [0.2, 0.25) is 10.0 Å². The van der Waals surface area contributed by atoms with Crippen molar-refractivity contribution in [1.29, 1.82) is 0 Å². The zero-order valence-electron chi connectivity index (χ0n) is 16.6. The number of benzene rings is 3. The smallest absolute Gasteiger partial charge is 0.265 e. The molecule has 1 amide bonds. The maximum atomic E-state index is 12.7. The fourth-order valence-corrected chi connectivity index (χ4v) is 4.65. The molecular weight excluding hydrogens is 475 g/mol. The summed E-state index contributed by atoms with van der Waals surface area (Å²) in [6.07, 6.45) is 0. The lowest BCUT2D eigenvalue weighted by molar-refractivity contribution is -0.120. The average molecular weight is 493 g/mol. The maximum Gasteiger partial charge on any atom is 0.265 e. The first kappa shape index (κ1) is 22.3. The van der Waals surface area contributed by atoms with E-state index in [1.807, 2.05) is 12.1 Å². The fourth-order valence-electron chi connectivity index (χ4n) is 3.14. The van der Waals surface area contributed by atoms with Crippen LogP contribution in [0.3, 0.4) is 0 Å². The summed E-state index contributed by atoms with van der Waals surface area (Å²) in [6.45, 7) is 0.528. The molecule has 1 N–H and O–H groups in total. The minimum absolute atomic E-state index is 0.0433. The van der Waals surface area contributed by atoms with E-state index in [2.05, 4.69) is 4.72 Å². The van der Waals surface area contributed by atoms with Gasteiger partial charge in [0, 0.05) is 10.7 Å². The molecule has 10 heteroatoms. The number of rotatable bonds is 6. The van der Waals surface area contributed by atoms with E-state index in [1.54, 1.807) is 41.3 Å². The molecule has 7 nitrogen and oxygen atoms in total. The third-order valence-electron chi connectivity index (χ3n) is 4.69. The Morgan fingerprint density at radius 3 is 2.56 bits per heavy atom. The molecule has 0 spiro atoms. The van der Waals surface area contributed by atoms with E-state index >= 15 is 0 Å². The molecule has 1 aliphatic heterocycles. The summed E-state index contributed by atoms with van der Waals surface area (Å²) in [7, 11) is -3.87. The third kappa shape index (κ3) is 4.93. The molecule has 4 rings (SSSR count). The van der Waals surface area contributed by atoms with E-state index in [-0.39, 0.29) is 28.2 Å². The molecule has 1 aliphatic rings. The number of ether oxygens (including phenoxy) is 2. The predicted molar refractivity (Wildman–Crippen MR) is 123 cm³/mol. The number of hydrogen-bond donors (Lipinski definition) is 1. The molecule has 3 aromatic carbocycles. The Balaban J connectivity index is 1.44. The van der Waals surface area contributed by atoms with E-state index in [0.29, 0.717) is 35.3 Å². The summed E-state index contributed by atoms with van der Waals surface area (Å²) in [5, 5.41) is 0.562. The maximum absolute atomic E-state index is 12.7. The Bertz CT molecular complexity index is 1250. The quantitative estimate of drug-likeness (QED) is 0.543. The van der Waals surface area contributed by atoms with Crippen LogP contribution < -0.4 is 19.1 Å². The van der Waals surface area contributed by atoms with Crippen LogP contribution in [-0.2, 0) is 14.8 Å². The summed E-state index contributed by atoms with van der Waals surface area (Å²) in [5.74, 6) is 0.567. The van der Waals surface area contributed by atoms with E-state index in [4.69, 9.17) is 32.7 Å². The molecule has 0 bridgehead atoms. The van der Waals surface area contributed by atoms with Crippen LogP contribution in [0.1, 0.15) is 0 Å². The second-order valence-electron chi connectivity index (χ2n) is 6.85. The average Bonchev–Trinajstić information content (AvgIpc) is 2.79. The molecular formula is C22H18Cl2N2O5S. The number of para-hydroxylation sites is 2. The number of nitrogens with one attached hydrogen (secondary N) is 1. The number of hydrogen-bond acceptors (Lipinski definition) is 5. The first-order chi connectivity index (χ1) is 15.3. The fraction of sp³-hybridized carbons (Fsp3) is 0.136. The number of halogens is 2. The van der Waals surface area contributed by atoms with Crippen molar-refractivity contribution in [3.05, 3.63) is 76.8 Å². The summed E-state index contributed by atoms with van der Waals surface area (Å²) in [4.78, 5) is 14.2. The Morgan fingerprint density at radius 1 is 1.06 bits per heavy atom. The lowest BCUT2D eigenvalue weighted by atomic mass is 10.2. The van der Waals surface area contributed by atoms with E-state index < -0.39 is 10.0 Å². The van der Waals surface area contributed by atoms with Gasteiger partial charge in [-0.15, -0.1) is 0 Å². The molecule has 0 saturated heterocycles. The van der Waals surface area contributed by atoms with Gasteiger partial charge in [-0.3, -0.25) is 9.52 Å². The van der Waals surface area contributed by atoms with Gasteiger partial charge < -0.3 is 14.4 Å². The van der Waals surface area contributed by atoms with Crippen LogP contribution >= 0.6 is 23.2 Å². The molecule has 0 fully saturated rings. The van der Waals surface area contributed by atoms with Crippen molar-refractivity contribution in [2.24, 2.45) is 0 Å². The third-order valence-corrected chi connectivity index (χ3v) is 6.62. The second kappa shape index (κ2) is 9.28. The number of fused-ring (bicyclic) bond motifs is 1. The number of amides is 1. The summed E-state index contributed by atoms with van der Waals surface area (Å²) >= 11 is 12.1. The van der Waals surface area contributed by atoms with Crippen molar-refractivity contribution in [2.75, 3.05) is 29.4 Å². The molecule has 0 unspecified atom stereocenters. The minimum atomic E-state index is -3.87. The molecule has 0 atom stereocenters. The van der Waals surface area contributed by atoms with Crippen molar-refractivity contribution in [2.45, 2.75) is 4.90 Å². The minimum Gasteiger partial charge on any atom is -0.490 e. The van der Waals surface area contributed by atoms with E-state index in [0.717, 1.165) is 0 Å². The van der Waals surface area contributed by atoms with Gasteiger partial charge in [0.25, 0.3) is 15.9 Å². The molecule has 3 aromatic rings. The topological polar surface area (TPSA) is 84.9 Å². The highest BCUT2D eigenvalue weighted by molar-refractivity contribution is 7.92. The summed E-state index contributed by atoms with van der Waals surface area (Å²) < 4.78 is 38.8. The van der Waals surface area contributed by atoms with Crippen LogP contribution in [0.25, 0.3) is 0 Å². The number of nitrogens with zero attached hydrogens (tertiary/aromatic N) is 1. The van der Waals surface area contributed by atoms with Crippen LogP contribution in [0, 0.1) is 0 Å². The van der Waals surface area contributed by atoms with Gasteiger partial charge in [0.2, 0.25) is 0 Å². The van der Waals surface area contributed by atoms with Crippen molar-refractivity contribution in [3.63, 3.8) is 0 Å². The summed E-state index contributed by atoms with van der Waals surface area (Å²) in [6, 6.07) is 17.5. The number of carbonyl (C=O) groups is 1. The van der Waals surface area contributed by atoms with Crippen molar-refractivity contribution < 1.29 is 22.7 Å². The number of sulfonamides is 1. The largest absolute Gasteiger partial charge is 0.490 e. The van der Waals surface area contributed by atoms with Gasteiger partial charge in [0.1, 0.15) is 18.1 Å². The van der Waals surface area contributed by atoms with Gasteiger partial charge in [0.05, 0.1) is 22.2 Å². The highest BCUT2D eigenvalue weighted by atomic mass is 35.5. The summed E-state index contributed by atoms with van der Waals surface area (Å²) in [5.41, 5.74) is 1.04. The Kier molecular flexibility index (Phi) is 6.45. The van der Waals surface area contributed by atoms with Gasteiger partial charge >= 0.3 is 0 Å². The van der Waals surface area contributed by atoms with Gasteiger partial charge in [-0.1, -0.05) is 35.3 Å². The highest BCUT2D eigenvalue weighted by Crippen LogP contribution is 2.32. The zero-order valence-corrected chi connectivity index (χ0v) is 19.0. The van der Waals surface area contributed by atoms with Crippen LogP contribution in [0.4, 0.5) is 11.4 Å². The van der Waals surface area contributed by atoms with Crippen LogP contribution in [0.15, 0.2) is 71.6 Å².